The van der Waals surface area contributed by atoms with Crippen molar-refractivity contribution in [3.63, 3.8) is 0 Å². The maximum atomic E-state index is 5.16. The molecule has 1 fully saturated rings. The van der Waals surface area contributed by atoms with Crippen LogP contribution in [0.15, 0.2) is 4.99 Å². The number of hydrogen-bond donors (Lipinski definition) is 0. The summed E-state index contributed by atoms with van der Waals surface area (Å²) >= 11 is 0. The molecular formula is C18H39N4P. The van der Waals surface area contributed by atoms with Crippen molar-refractivity contribution in [2.45, 2.75) is 57.5 Å². The van der Waals surface area contributed by atoms with Gasteiger partial charge >= 0.3 is 0 Å². The Kier molecular flexibility index (Phi) is 9.21. The number of aliphatic imine (C=N–C) groups is 1. The molecule has 23 heavy (non-hydrogen) atoms. The van der Waals surface area contributed by atoms with Gasteiger partial charge in [-0.2, -0.15) is 0 Å². The lowest BCUT2D eigenvalue weighted by Crippen LogP contribution is -2.58. The van der Waals surface area contributed by atoms with Gasteiger partial charge in [0.25, 0.3) is 0 Å². The molecule has 0 saturated carbocycles. The Balaban J connectivity index is 2.75. The zero-order valence-corrected chi connectivity index (χ0v) is 17.5. The number of unbranched alkanes of at least 4 members (excludes halogenated alkanes) is 5. The minimum absolute atomic E-state index is 0.0121. The van der Waals surface area contributed by atoms with Gasteiger partial charge in [0, 0.05) is 14.6 Å². The maximum absolute atomic E-state index is 5.16. The summed E-state index contributed by atoms with van der Waals surface area (Å²) in [6.07, 6.45) is 10.5. The Hall–Kier alpha value is -0.0200. The molecule has 0 radical (unpaired) electrons. The Morgan fingerprint density at radius 3 is 2.00 bits per heavy atom. The molecule has 0 aromatic heterocycles. The molecule has 1 rings (SSSR count). The molecule has 0 bridgehead atoms. The van der Waals surface area contributed by atoms with Crippen LogP contribution in [0, 0.1) is 0 Å². The van der Waals surface area contributed by atoms with Gasteiger partial charge in [-0.15, -0.1) is 0 Å². The first-order valence-electron chi connectivity index (χ1n) is 9.22. The highest BCUT2D eigenvalue weighted by Gasteiger charge is 2.49. The van der Waals surface area contributed by atoms with E-state index in [1.807, 2.05) is 0 Å². The second-order valence-corrected chi connectivity index (χ2v) is 9.77. The molecule has 1 atom stereocenters. The fraction of sp³-hybridized carbons (Fsp3) is 0.944. The molecule has 0 aromatic carbocycles. The van der Waals surface area contributed by atoms with E-state index in [0.717, 1.165) is 6.54 Å². The van der Waals surface area contributed by atoms with Gasteiger partial charge in [0.1, 0.15) is 5.66 Å². The highest BCUT2D eigenvalue weighted by atomic mass is 31.1. The summed E-state index contributed by atoms with van der Waals surface area (Å²) in [6.45, 7) is 3.27. The van der Waals surface area contributed by atoms with E-state index in [1.54, 1.807) is 0 Å². The second-order valence-electron chi connectivity index (χ2n) is 7.30. The topological polar surface area (TPSA) is 22.1 Å². The van der Waals surface area contributed by atoms with Crippen LogP contribution in [0.5, 0.6) is 0 Å². The molecular weight excluding hydrogens is 303 g/mol. The average molecular weight is 343 g/mol. The molecule has 1 saturated heterocycles. The molecule has 1 aliphatic heterocycles. The molecule has 0 aliphatic carbocycles. The van der Waals surface area contributed by atoms with Crippen molar-refractivity contribution in [3.05, 3.63) is 0 Å². The van der Waals surface area contributed by atoms with Crippen LogP contribution in [-0.2, 0) is 0 Å². The van der Waals surface area contributed by atoms with Crippen molar-refractivity contribution in [2.24, 2.45) is 4.99 Å². The van der Waals surface area contributed by atoms with Crippen LogP contribution in [0.1, 0.15) is 51.9 Å². The third-order valence-corrected chi connectivity index (χ3v) is 7.61. The third kappa shape index (κ3) is 5.22. The van der Waals surface area contributed by atoms with Crippen LogP contribution in [0.3, 0.4) is 0 Å². The molecule has 0 N–H and O–H groups in total. The Morgan fingerprint density at radius 2 is 1.48 bits per heavy atom. The lowest BCUT2D eigenvalue weighted by Gasteiger charge is -2.43. The van der Waals surface area contributed by atoms with E-state index in [1.165, 1.54) is 56.6 Å². The summed E-state index contributed by atoms with van der Waals surface area (Å²) in [5.74, 6) is 0. The van der Waals surface area contributed by atoms with Crippen molar-refractivity contribution >= 4 is 13.5 Å². The van der Waals surface area contributed by atoms with E-state index >= 15 is 0 Å². The van der Waals surface area contributed by atoms with Gasteiger partial charge < -0.3 is 0 Å². The first kappa shape index (κ1) is 21.0. The van der Waals surface area contributed by atoms with Crippen LogP contribution >= 0.6 is 8.07 Å². The van der Waals surface area contributed by atoms with E-state index in [4.69, 9.17) is 4.99 Å². The van der Waals surface area contributed by atoms with Crippen molar-refractivity contribution in [2.75, 3.05) is 55.0 Å². The zero-order chi connectivity index (χ0) is 17.5. The van der Waals surface area contributed by atoms with E-state index in [2.05, 4.69) is 63.7 Å². The van der Waals surface area contributed by atoms with Gasteiger partial charge in [-0.1, -0.05) is 39.0 Å². The molecule has 4 nitrogen and oxygen atoms in total. The monoisotopic (exact) mass is 342 g/mol. The largest absolute Gasteiger partial charge is 0.286 e. The minimum atomic E-state index is -0.251. The van der Waals surface area contributed by atoms with E-state index in [-0.39, 0.29) is 13.7 Å². The highest BCUT2D eigenvalue weighted by Crippen LogP contribution is 2.54. The Labute approximate surface area is 146 Å². The van der Waals surface area contributed by atoms with Crippen molar-refractivity contribution < 1.29 is 0 Å². The van der Waals surface area contributed by atoms with Crippen LogP contribution in [0.2, 0.25) is 0 Å². The first-order chi connectivity index (χ1) is 10.9. The lowest BCUT2D eigenvalue weighted by atomic mass is 10.1. The standard InChI is InChI=1S/C18H39N4P/c1-8-9-10-11-12-13-15-19-17-18(20(2)3,21(4)5)14-16-23(17)22(6)7/h8-16H2,1-7H3. The lowest BCUT2D eigenvalue weighted by molar-refractivity contribution is 0.0732. The fourth-order valence-electron chi connectivity index (χ4n) is 3.61. The zero-order valence-electron chi connectivity index (χ0n) is 16.6. The van der Waals surface area contributed by atoms with E-state index in [0.29, 0.717) is 0 Å². The average Bonchev–Trinajstić information content (AvgIpc) is 2.87. The SMILES string of the molecule is CCCCCCCCN=C1P(N(C)C)CCC1(N(C)C)N(C)C. The van der Waals surface area contributed by atoms with Crippen LogP contribution in [-0.4, -0.2) is 80.6 Å². The number of nitrogens with zero attached hydrogens (tertiary/aromatic N) is 4. The van der Waals surface area contributed by atoms with Crippen LogP contribution in [0.25, 0.3) is 0 Å². The minimum Gasteiger partial charge on any atom is -0.286 e. The highest BCUT2D eigenvalue weighted by molar-refractivity contribution is 7.74. The molecule has 5 heteroatoms. The molecule has 136 valence electrons. The predicted octanol–water partition coefficient (Wildman–Crippen LogP) is 3.93. The summed E-state index contributed by atoms with van der Waals surface area (Å²) in [7, 11) is 13.0. The number of rotatable bonds is 10. The summed E-state index contributed by atoms with van der Waals surface area (Å²) in [5.41, 5.74) is 1.44. The Morgan fingerprint density at radius 1 is 0.913 bits per heavy atom. The smallest absolute Gasteiger partial charge is 0.118 e. The van der Waals surface area contributed by atoms with Crippen molar-refractivity contribution in [1.82, 2.24) is 14.5 Å². The van der Waals surface area contributed by atoms with Gasteiger partial charge in [0.05, 0.1) is 5.45 Å². The molecule has 0 amide bonds. The van der Waals surface area contributed by atoms with Gasteiger partial charge in [-0.25, -0.2) is 0 Å². The van der Waals surface area contributed by atoms with Crippen molar-refractivity contribution in [1.29, 1.82) is 0 Å². The quantitative estimate of drug-likeness (QED) is 0.341. The van der Waals surface area contributed by atoms with Gasteiger partial charge in [-0.05, 0) is 61.3 Å². The Bertz CT molecular complexity index is 358. The van der Waals surface area contributed by atoms with Gasteiger partial charge in [0.2, 0.25) is 0 Å². The molecule has 0 spiro atoms. The van der Waals surface area contributed by atoms with Crippen LogP contribution in [0.4, 0.5) is 0 Å². The van der Waals surface area contributed by atoms with E-state index < -0.39 is 0 Å². The van der Waals surface area contributed by atoms with Crippen molar-refractivity contribution in [3.8, 4) is 0 Å². The van der Waals surface area contributed by atoms with E-state index in [9.17, 15) is 0 Å². The van der Waals surface area contributed by atoms with Gasteiger partial charge in [0.15, 0.2) is 0 Å². The molecule has 1 heterocycles. The first-order valence-corrected chi connectivity index (χ1v) is 10.7. The van der Waals surface area contributed by atoms with Gasteiger partial charge in [-0.3, -0.25) is 19.5 Å². The maximum Gasteiger partial charge on any atom is 0.118 e. The molecule has 0 aromatic rings. The number of hydrogen-bond acceptors (Lipinski definition) is 4. The molecule has 1 aliphatic rings. The van der Waals surface area contributed by atoms with Crippen LogP contribution < -0.4 is 0 Å². The normalized spacial score (nSPS) is 22.9. The fourth-order valence-corrected chi connectivity index (χ4v) is 6.31. The second kappa shape index (κ2) is 10.1. The summed E-state index contributed by atoms with van der Waals surface area (Å²) in [6, 6.07) is 0. The predicted molar refractivity (Wildman–Crippen MR) is 106 cm³/mol. The third-order valence-electron chi connectivity index (χ3n) is 5.01. The molecule has 1 unspecified atom stereocenters. The summed E-state index contributed by atoms with van der Waals surface area (Å²) < 4.78 is 2.41. The summed E-state index contributed by atoms with van der Waals surface area (Å²) in [5, 5.41) is 0. The summed E-state index contributed by atoms with van der Waals surface area (Å²) in [4.78, 5) is 9.91.